The van der Waals surface area contributed by atoms with Gasteiger partial charge in [-0.2, -0.15) is 0 Å². The van der Waals surface area contributed by atoms with Crippen molar-refractivity contribution in [2.75, 3.05) is 39.5 Å². The zero-order valence-electron chi connectivity index (χ0n) is 37.3. The Kier molecular flexibility index (Phi) is 41.5. The lowest BCUT2D eigenvalue weighted by Gasteiger charge is -2.23. The molecule has 328 valence electrons. The van der Waals surface area contributed by atoms with Gasteiger partial charge in [-0.1, -0.05) is 182 Å². The summed E-state index contributed by atoms with van der Waals surface area (Å²) in [6.45, 7) is 12.6. The van der Waals surface area contributed by atoms with Crippen molar-refractivity contribution in [2.24, 2.45) is 11.8 Å². The van der Waals surface area contributed by atoms with Gasteiger partial charge in [-0.05, 0) is 70.9 Å². The van der Waals surface area contributed by atoms with Crippen LogP contribution in [-0.2, 0) is 19.1 Å². The highest BCUT2D eigenvalue weighted by Gasteiger charge is 2.20. The second-order valence-corrected chi connectivity index (χ2v) is 16.8. The smallest absolute Gasteiger partial charge is 0.308 e. The summed E-state index contributed by atoms with van der Waals surface area (Å²) in [5.41, 5.74) is 0. The van der Waals surface area contributed by atoms with Crippen LogP contribution in [0.3, 0.4) is 0 Å². The van der Waals surface area contributed by atoms with Crippen molar-refractivity contribution in [3.05, 3.63) is 0 Å². The Morgan fingerprint density at radius 2 is 0.727 bits per heavy atom. The van der Waals surface area contributed by atoms with Gasteiger partial charge in [0.2, 0.25) is 0 Å². The number of unbranched alkanes of at least 4 members (excludes halogenated alkanes) is 22. The topological polar surface area (TPSA) is 96.3 Å². The maximum Gasteiger partial charge on any atom is 0.308 e. The van der Waals surface area contributed by atoms with E-state index in [9.17, 15) is 19.8 Å². The van der Waals surface area contributed by atoms with Crippen LogP contribution in [0.1, 0.15) is 240 Å². The summed E-state index contributed by atoms with van der Waals surface area (Å²) in [4.78, 5) is 28.4. The normalized spacial score (nSPS) is 13.3. The number of ether oxygens (including phenoxy) is 2. The highest BCUT2D eigenvalue weighted by Crippen LogP contribution is 2.22. The zero-order valence-corrected chi connectivity index (χ0v) is 37.3. The molecular formula is C48H95NO6. The fraction of sp³-hybridized carbons (Fsp3) is 0.958. The lowest BCUT2D eigenvalue weighted by Crippen LogP contribution is -2.30. The quantitative estimate of drug-likeness (QED) is 0.0469. The zero-order chi connectivity index (χ0) is 40.5. The molecule has 0 aromatic carbocycles. The maximum atomic E-state index is 13.0. The molecule has 0 aromatic heterocycles. The lowest BCUT2D eigenvalue weighted by molar-refractivity contribution is -0.150. The summed E-state index contributed by atoms with van der Waals surface area (Å²) in [6, 6.07) is 0. The van der Waals surface area contributed by atoms with Crippen molar-refractivity contribution in [1.29, 1.82) is 0 Å². The van der Waals surface area contributed by atoms with E-state index in [0.717, 1.165) is 122 Å². The predicted molar refractivity (Wildman–Crippen MR) is 233 cm³/mol. The molecule has 0 aliphatic rings. The van der Waals surface area contributed by atoms with Crippen LogP contribution in [0.25, 0.3) is 0 Å². The van der Waals surface area contributed by atoms with E-state index < -0.39 is 6.10 Å². The lowest BCUT2D eigenvalue weighted by atomic mass is 9.94. The highest BCUT2D eigenvalue weighted by atomic mass is 16.5. The third-order valence-electron chi connectivity index (χ3n) is 11.5. The van der Waals surface area contributed by atoms with E-state index in [-0.39, 0.29) is 30.4 Å². The largest absolute Gasteiger partial charge is 0.465 e. The molecule has 0 amide bonds. The summed E-state index contributed by atoms with van der Waals surface area (Å²) < 4.78 is 11.6. The fourth-order valence-electron chi connectivity index (χ4n) is 7.66. The van der Waals surface area contributed by atoms with Crippen LogP contribution in [-0.4, -0.2) is 72.6 Å². The number of carbonyl (C=O) groups is 2. The summed E-state index contributed by atoms with van der Waals surface area (Å²) >= 11 is 0. The third-order valence-corrected chi connectivity index (χ3v) is 11.5. The van der Waals surface area contributed by atoms with Crippen molar-refractivity contribution >= 4 is 11.9 Å². The molecule has 3 unspecified atom stereocenters. The number of nitrogens with zero attached hydrogens (tertiary/aromatic N) is 1. The average molecular weight is 782 g/mol. The molecule has 0 rings (SSSR count). The molecule has 0 aliphatic carbocycles. The highest BCUT2D eigenvalue weighted by molar-refractivity contribution is 5.72. The van der Waals surface area contributed by atoms with E-state index in [2.05, 4.69) is 32.6 Å². The van der Waals surface area contributed by atoms with Gasteiger partial charge in [-0.3, -0.25) is 9.59 Å². The standard InChI is InChI=1S/C48H95NO6/c1-5-9-13-17-19-27-35-44(33-25-15-11-7-3)47(52)54-41-31-23-21-29-38-49(40-37-46(51)43-50)39-30-22-24-32-42-55-48(53)45(34-26-16-12-8-4)36-28-20-18-14-10-6-2/h44-46,50-51H,5-43H2,1-4H3. The Hall–Kier alpha value is -1.18. The molecule has 7 nitrogen and oxygen atoms in total. The molecule has 0 aromatic rings. The Balaban J connectivity index is 4.45. The molecule has 0 saturated heterocycles. The van der Waals surface area contributed by atoms with Crippen LogP contribution in [0.5, 0.6) is 0 Å². The van der Waals surface area contributed by atoms with E-state index in [1.807, 2.05) is 0 Å². The summed E-state index contributed by atoms with van der Waals surface area (Å²) in [5, 5.41) is 19.3. The number of rotatable bonds is 44. The first-order valence-electron chi connectivity index (χ1n) is 24.3. The van der Waals surface area contributed by atoms with Crippen LogP contribution in [0, 0.1) is 11.8 Å². The Morgan fingerprint density at radius 3 is 1.09 bits per heavy atom. The van der Waals surface area contributed by atoms with Crippen molar-refractivity contribution in [2.45, 2.75) is 246 Å². The number of hydrogen-bond acceptors (Lipinski definition) is 7. The van der Waals surface area contributed by atoms with Gasteiger partial charge in [0, 0.05) is 6.54 Å². The molecule has 3 atom stereocenters. The second-order valence-electron chi connectivity index (χ2n) is 16.8. The van der Waals surface area contributed by atoms with Gasteiger partial charge in [-0.15, -0.1) is 0 Å². The molecular weight excluding hydrogens is 687 g/mol. The number of carbonyl (C=O) groups excluding carboxylic acids is 2. The molecule has 0 heterocycles. The van der Waals surface area contributed by atoms with E-state index in [1.54, 1.807) is 0 Å². The molecule has 0 fully saturated rings. The second kappa shape index (κ2) is 42.4. The van der Waals surface area contributed by atoms with E-state index in [1.165, 1.54) is 103 Å². The summed E-state index contributed by atoms with van der Waals surface area (Å²) in [6.07, 6.45) is 36.8. The Morgan fingerprint density at radius 1 is 0.418 bits per heavy atom. The number of aliphatic hydroxyl groups excluding tert-OH is 2. The van der Waals surface area contributed by atoms with Crippen LogP contribution >= 0.6 is 0 Å². The fourth-order valence-corrected chi connectivity index (χ4v) is 7.66. The number of aliphatic hydroxyl groups is 2. The maximum absolute atomic E-state index is 13.0. The Labute approximate surface area is 342 Å². The molecule has 0 saturated carbocycles. The molecule has 0 spiro atoms. The number of hydrogen-bond donors (Lipinski definition) is 2. The average Bonchev–Trinajstić information content (AvgIpc) is 3.19. The van der Waals surface area contributed by atoms with Gasteiger partial charge in [0.15, 0.2) is 0 Å². The summed E-state index contributed by atoms with van der Waals surface area (Å²) in [5.74, 6) is 0.195. The van der Waals surface area contributed by atoms with Crippen molar-refractivity contribution in [3.8, 4) is 0 Å². The first-order valence-corrected chi connectivity index (χ1v) is 24.3. The van der Waals surface area contributed by atoms with Crippen molar-refractivity contribution in [3.63, 3.8) is 0 Å². The molecule has 55 heavy (non-hydrogen) atoms. The van der Waals surface area contributed by atoms with Crippen LogP contribution < -0.4 is 0 Å². The van der Waals surface area contributed by atoms with Crippen LogP contribution in [0.2, 0.25) is 0 Å². The first kappa shape index (κ1) is 53.8. The van der Waals surface area contributed by atoms with E-state index >= 15 is 0 Å². The van der Waals surface area contributed by atoms with Gasteiger partial charge >= 0.3 is 11.9 Å². The van der Waals surface area contributed by atoms with E-state index in [4.69, 9.17) is 9.47 Å². The van der Waals surface area contributed by atoms with Gasteiger partial charge in [-0.25, -0.2) is 0 Å². The van der Waals surface area contributed by atoms with Gasteiger partial charge in [0.25, 0.3) is 0 Å². The number of esters is 2. The molecule has 7 heteroatoms. The van der Waals surface area contributed by atoms with E-state index in [0.29, 0.717) is 19.6 Å². The molecule has 2 N–H and O–H groups in total. The minimum atomic E-state index is -0.667. The monoisotopic (exact) mass is 782 g/mol. The van der Waals surface area contributed by atoms with Crippen molar-refractivity contribution < 1.29 is 29.3 Å². The van der Waals surface area contributed by atoms with Crippen molar-refractivity contribution in [1.82, 2.24) is 4.90 Å². The van der Waals surface area contributed by atoms with Gasteiger partial charge in [0.05, 0.1) is 37.8 Å². The minimum Gasteiger partial charge on any atom is -0.465 e. The van der Waals surface area contributed by atoms with Crippen LogP contribution in [0.4, 0.5) is 0 Å². The minimum absolute atomic E-state index is 0.0299. The van der Waals surface area contributed by atoms with Gasteiger partial charge < -0.3 is 24.6 Å². The summed E-state index contributed by atoms with van der Waals surface area (Å²) in [7, 11) is 0. The Bertz CT molecular complexity index is 751. The molecule has 0 aliphatic heterocycles. The van der Waals surface area contributed by atoms with Crippen LogP contribution in [0.15, 0.2) is 0 Å². The first-order chi connectivity index (χ1) is 26.9. The SMILES string of the molecule is CCCCCCCCC(CCCCCC)C(=O)OCCCCCCN(CCCCCCOC(=O)C(CCCCCC)CCCCCCCC)CCC(O)CO. The molecule has 0 bridgehead atoms. The third kappa shape index (κ3) is 35.7. The molecule has 0 radical (unpaired) electrons. The van der Waals surface area contributed by atoms with Gasteiger partial charge in [0.1, 0.15) is 0 Å². The predicted octanol–water partition coefficient (Wildman–Crippen LogP) is 12.9.